The summed E-state index contributed by atoms with van der Waals surface area (Å²) in [5.41, 5.74) is 8.56. The Morgan fingerprint density at radius 3 is 2.49 bits per heavy atom. The minimum Gasteiger partial charge on any atom is -0.495 e. The summed E-state index contributed by atoms with van der Waals surface area (Å²) in [6.07, 6.45) is 5.41. The number of amides is 2. The molecule has 0 saturated carbocycles. The summed E-state index contributed by atoms with van der Waals surface area (Å²) in [5, 5.41) is 6.96. The molecule has 41 heavy (non-hydrogen) atoms. The maximum atomic E-state index is 15.0. The van der Waals surface area contributed by atoms with Gasteiger partial charge in [-0.05, 0) is 49.2 Å². The van der Waals surface area contributed by atoms with Gasteiger partial charge in [0.15, 0.2) is 11.3 Å². The Labute approximate surface area is 240 Å². The largest absolute Gasteiger partial charge is 0.495 e. The first-order valence-electron chi connectivity index (χ1n) is 14.0. The van der Waals surface area contributed by atoms with Crippen LogP contribution >= 0.6 is 0 Å². The Kier molecular flexibility index (Phi) is 11.2. The van der Waals surface area contributed by atoms with E-state index in [1.165, 1.54) is 29.8 Å². The molecule has 0 aliphatic carbocycles. The summed E-state index contributed by atoms with van der Waals surface area (Å²) in [6.45, 7) is 9.35. The first-order valence-corrected chi connectivity index (χ1v) is 14.0. The van der Waals surface area contributed by atoms with E-state index in [1.807, 2.05) is 26.8 Å². The van der Waals surface area contributed by atoms with Gasteiger partial charge in [0.25, 0.3) is 11.8 Å². The number of nitrogen functional groups attached to an aromatic ring is 1. The number of nitrogens with two attached hydrogens (primary N) is 1. The number of unbranched alkanes of at least 4 members (excludes halogenated alkanes) is 2. The number of ether oxygens (including phenoxy) is 1. The third-order valence-corrected chi connectivity index (χ3v) is 6.40. The molecule has 2 aromatic heterocycles. The molecule has 4 aromatic rings. The van der Waals surface area contributed by atoms with E-state index in [4.69, 9.17) is 10.5 Å². The van der Waals surface area contributed by atoms with Crippen LogP contribution in [-0.4, -0.2) is 51.5 Å². The SMILES string of the molecule is CC.CCCCCN(CCC)C(=O)c1ccc(NC(=O)c2cc3nccc(-c4ccc(N)c(OC)c4)n3n2)c(F)c1. The molecule has 10 heteroatoms. The molecule has 0 bridgehead atoms. The smallest absolute Gasteiger partial charge is 0.276 e. The number of nitrogens with zero attached hydrogens (tertiary/aromatic N) is 4. The van der Waals surface area contributed by atoms with Gasteiger partial charge in [-0.2, -0.15) is 5.10 Å². The highest BCUT2D eigenvalue weighted by atomic mass is 19.1. The predicted octanol–water partition coefficient (Wildman–Crippen LogP) is 6.45. The molecule has 4 rings (SSSR count). The quantitative estimate of drug-likeness (QED) is 0.160. The van der Waals surface area contributed by atoms with Crippen LogP contribution in [0.25, 0.3) is 16.9 Å². The maximum Gasteiger partial charge on any atom is 0.276 e. The minimum absolute atomic E-state index is 0.0434. The summed E-state index contributed by atoms with van der Waals surface area (Å²) in [7, 11) is 1.53. The molecule has 3 N–H and O–H groups in total. The van der Waals surface area contributed by atoms with Crippen molar-refractivity contribution in [3.8, 4) is 17.0 Å². The predicted molar refractivity (Wildman–Crippen MR) is 161 cm³/mol. The van der Waals surface area contributed by atoms with Gasteiger partial charge < -0.3 is 20.7 Å². The van der Waals surface area contributed by atoms with Crippen molar-refractivity contribution in [1.29, 1.82) is 0 Å². The van der Waals surface area contributed by atoms with E-state index in [9.17, 15) is 14.0 Å². The number of anilines is 2. The fraction of sp³-hybridized carbons (Fsp3) is 0.355. The van der Waals surface area contributed by atoms with Crippen LogP contribution in [0.5, 0.6) is 5.75 Å². The Balaban J connectivity index is 0.00000226. The summed E-state index contributed by atoms with van der Waals surface area (Å²) in [5.74, 6) is -1.01. The second kappa shape index (κ2) is 14.8. The highest BCUT2D eigenvalue weighted by Gasteiger charge is 2.19. The zero-order chi connectivity index (χ0) is 29.9. The molecule has 9 nitrogen and oxygen atoms in total. The van der Waals surface area contributed by atoms with Crippen LogP contribution in [0.3, 0.4) is 0 Å². The standard InChI is InChI=1S/C29H33FN6O3.C2H6/c1-4-6-7-15-35(14-5-2)29(38)20-9-11-23(21(30)16-20)33-28(37)24-18-27-32-13-12-25(36(27)34-24)19-8-10-22(31)26(17-19)39-3;1-2/h8-13,16-18H,4-7,14-15,31H2,1-3H3,(H,33,37);1-2H3. The topological polar surface area (TPSA) is 115 Å². The van der Waals surface area contributed by atoms with E-state index in [-0.39, 0.29) is 22.9 Å². The van der Waals surface area contributed by atoms with Gasteiger partial charge in [0.05, 0.1) is 24.2 Å². The van der Waals surface area contributed by atoms with Crippen LogP contribution in [0.1, 0.15) is 74.2 Å². The normalized spacial score (nSPS) is 10.6. The Bertz CT molecular complexity index is 1490. The van der Waals surface area contributed by atoms with E-state index in [0.717, 1.165) is 37.3 Å². The van der Waals surface area contributed by atoms with Crippen LogP contribution < -0.4 is 15.8 Å². The van der Waals surface area contributed by atoms with Crippen molar-refractivity contribution in [1.82, 2.24) is 19.5 Å². The lowest BCUT2D eigenvalue weighted by molar-refractivity contribution is 0.0752. The van der Waals surface area contributed by atoms with Gasteiger partial charge in [-0.15, -0.1) is 0 Å². The molecule has 0 atom stereocenters. The molecule has 0 unspecified atom stereocenters. The number of hydrogen-bond acceptors (Lipinski definition) is 6. The Morgan fingerprint density at radius 2 is 1.80 bits per heavy atom. The summed E-state index contributed by atoms with van der Waals surface area (Å²) in [6, 6.07) is 12.7. The van der Waals surface area contributed by atoms with Crippen molar-refractivity contribution in [2.75, 3.05) is 31.2 Å². The fourth-order valence-corrected chi connectivity index (χ4v) is 4.35. The molecule has 0 aliphatic heterocycles. The van der Waals surface area contributed by atoms with Gasteiger partial charge in [-0.25, -0.2) is 13.9 Å². The fourth-order valence-electron chi connectivity index (χ4n) is 4.35. The Morgan fingerprint density at radius 1 is 1.02 bits per heavy atom. The van der Waals surface area contributed by atoms with Crippen LogP contribution in [0.2, 0.25) is 0 Å². The monoisotopic (exact) mass is 562 g/mol. The first kappa shape index (κ1) is 31.1. The number of benzene rings is 2. The van der Waals surface area contributed by atoms with Crippen LogP contribution in [0.15, 0.2) is 54.7 Å². The van der Waals surface area contributed by atoms with Gasteiger partial charge in [0.1, 0.15) is 11.6 Å². The van der Waals surface area contributed by atoms with E-state index < -0.39 is 11.7 Å². The average Bonchev–Trinajstić information content (AvgIpc) is 3.44. The molecule has 0 aliphatic rings. The number of fused-ring (bicyclic) bond motifs is 1. The number of halogens is 1. The third kappa shape index (κ3) is 7.39. The van der Waals surface area contributed by atoms with Crippen LogP contribution in [0, 0.1) is 5.82 Å². The van der Waals surface area contributed by atoms with Gasteiger partial charge in [0.2, 0.25) is 0 Å². The summed E-state index contributed by atoms with van der Waals surface area (Å²) >= 11 is 0. The minimum atomic E-state index is -0.698. The van der Waals surface area contributed by atoms with E-state index in [2.05, 4.69) is 22.3 Å². The van der Waals surface area contributed by atoms with E-state index in [0.29, 0.717) is 35.9 Å². The molecule has 2 aromatic carbocycles. The van der Waals surface area contributed by atoms with Crippen molar-refractivity contribution >= 4 is 28.8 Å². The number of rotatable bonds is 11. The van der Waals surface area contributed by atoms with Gasteiger partial charge >= 0.3 is 0 Å². The lowest BCUT2D eigenvalue weighted by Gasteiger charge is -2.22. The molecule has 2 heterocycles. The van der Waals surface area contributed by atoms with Gasteiger partial charge in [-0.3, -0.25) is 9.59 Å². The van der Waals surface area contributed by atoms with Gasteiger partial charge in [-0.1, -0.05) is 46.6 Å². The number of carbonyl (C=O) groups excluding carboxylic acids is 2. The molecule has 0 spiro atoms. The Hall–Kier alpha value is -4.47. The van der Waals surface area contributed by atoms with E-state index >= 15 is 0 Å². The second-order valence-corrected chi connectivity index (χ2v) is 9.23. The van der Waals surface area contributed by atoms with Crippen molar-refractivity contribution < 1.29 is 18.7 Å². The van der Waals surface area contributed by atoms with E-state index in [1.54, 1.807) is 29.3 Å². The number of carbonyl (C=O) groups is 2. The molecule has 0 saturated heterocycles. The zero-order valence-electron chi connectivity index (χ0n) is 24.4. The van der Waals surface area contributed by atoms with Gasteiger partial charge in [0, 0.05) is 36.5 Å². The average molecular weight is 563 g/mol. The molecule has 218 valence electrons. The number of aromatic nitrogens is 3. The van der Waals surface area contributed by atoms with Crippen molar-refractivity contribution in [3.05, 3.63) is 71.8 Å². The summed E-state index contributed by atoms with van der Waals surface area (Å²) in [4.78, 5) is 32.0. The zero-order valence-corrected chi connectivity index (χ0v) is 24.4. The molecular formula is C31H39FN6O3. The number of nitrogens with one attached hydrogen (secondary N) is 1. The number of methoxy groups -OCH3 is 1. The lowest BCUT2D eigenvalue weighted by Crippen LogP contribution is -2.32. The third-order valence-electron chi connectivity index (χ3n) is 6.40. The first-order chi connectivity index (χ1) is 19.9. The molecule has 0 fully saturated rings. The molecule has 2 amide bonds. The summed E-state index contributed by atoms with van der Waals surface area (Å²) < 4.78 is 21.8. The maximum absolute atomic E-state index is 15.0. The van der Waals surface area contributed by atoms with Crippen molar-refractivity contribution in [2.45, 2.75) is 53.4 Å². The molecule has 0 radical (unpaired) electrons. The highest BCUT2D eigenvalue weighted by Crippen LogP contribution is 2.29. The van der Waals surface area contributed by atoms with Crippen molar-refractivity contribution in [3.63, 3.8) is 0 Å². The van der Waals surface area contributed by atoms with Crippen molar-refractivity contribution in [2.24, 2.45) is 0 Å². The van der Waals surface area contributed by atoms with Crippen LogP contribution in [-0.2, 0) is 0 Å². The second-order valence-electron chi connectivity index (χ2n) is 9.23. The number of hydrogen-bond donors (Lipinski definition) is 2. The van der Waals surface area contributed by atoms with Crippen LogP contribution in [0.4, 0.5) is 15.8 Å². The lowest BCUT2D eigenvalue weighted by atomic mass is 10.1. The highest BCUT2D eigenvalue weighted by molar-refractivity contribution is 6.04. The molecular weight excluding hydrogens is 523 g/mol.